The van der Waals surface area contributed by atoms with E-state index in [1.807, 2.05) is 0 Å². The number of hydrogen-bond acceptors (Lipinski definition) is 4. The average Bonchev–Trinajstić information content (AvgIpc) is 2.54. The number of carbonyl (C=O) groups is 1. The molecule has 1 amide bonds. The van der Waals surface area contributed by atoms with Gasteiger partial charge in [0, 0.05) is 30.8 Å². The van der Waals surface area contributed by atoms with Gasteiger partial charge in [0.05, 0.1) is 12.7 Å². The van der Waals surface area contributed by atoms with Crippen molar-refractivity contribution in [3.63, 3.8) is 0 Å². The van der Waals surface area contributed by atoms with Crippen molar-refractivity contribution in [2.24, 2.45) is 0 Å². The summed E-state index contributed by atoms with van der Waals surface area (Å²) in [7, 11) is 0. The molecule has 1 atom stereocenters. The number of hydrogen-bond donors (Lipinski definition) is 0. The monoisotopic (exact) mass is 380 g/mol. The fourth-order valence-corrected chi connectivity index (χ4v) is 2.43. The van der Waals surface area contributed by atoms with E-state index >= 15 is 0 Å². The second-order valence-corrected chi connectivity index (χ2v) is 7.39. The molecular weight excluding hydrogens is 354 g/mol. The fraction of sp³-hybridized carbons (Fsp3) is 0.600. The molecule has 2 rings (SSSR count). The quantitative estimate of drug-likeness (QED) is 0.424. The lowest BCUT2D eigenvalue weighted by molar-refractivity contribution is -0.0144. The molecule has 1 aliphatic heterocycles. The zero-order chi connectivity index (χ0) is 19.9. The highest BCUT2D eigenvalue weighted by Crippen LogP contribution is 2.23. The van der Waals surface area contributed by atoms with Crippen LogP contribution in [0.5, 0.6) is 5.75 Å². The van der Waals surface area contributed by atoms with Crippen LogP contribution in [0.2, 0.25) is 0 Å². The maximum atomic E-state index is 13.9. The van der Waals surface area contributed by atoms with E-state index in [4.69, 9.17) is 9.47 Å². The Hall–Kier alpha value is -2.36. The summed E-state index contributed by atoms with van der Waals surface area (Å²) in [6, 6.07) is 1.33. The van der Waals surface area contributed by atoms with E-state index in [9.17, 15) is 13.6 Å². The molecule has 1 aromatic heterocycles. The third-order valence-corrected chi connectivity index (χ3v) is 3.93. The molecule has 1 aliphatic rings. The van der Waals surface area contributed by atoms with Gasteiger partial charge < -0.3 is 14.4 Å². The lowest BCUT2D eigenvalue weighted by Gasteiger charge is -2.40. The van der Waals surface area contributed by atoms with Crippen molar-refractivity contribution in [1.29, 1.82) is 0 Å². The normalized spacial score (nSPS) is 16.2. The Morgan fingerprint density at radius 2 is 2.19 bits per heavy atom. The number of halogens is 2. The summed E-state index contributed by atoms with van der Waals surface area (Å²) in [5.74, 6) is 5.06. The van der Waals surface area contributed by atoms with Crippen molar-refractivity contribution in [2.45, 2.75) is 58.1 Å². The van der Waals surface area contributed by atoms with Crippen molar-refractivity contribution >= 4 is 6.09 Å². The van der Waals surface area contributed by atoms with E-state index in [0.29, 0.717) is 31.4 Å². The van der Waals surface area contributed by atoms with Crippen LogP contribution in [0.25, 0.3) is 0 Å². The molecule has 1 fully saturated rings. The van der Waals surface area contributed by atoms with Crippen LogP contribution < -0.4 is 4.74 Å². The van der Waals surface area contributed by atoms with Gasteiger partial charge in [-0.05, 0) is 40.0 Å². The van der Waals surface area contributed by atoms with Crippen molar-refractivity contribution < 1.29 is 23.0 Å². The Bertz CT molecular complexity index is 707. The smallest absolute Gasteiger partial charge is 0.410 e. The summed E-state index contributed by atoms with van der Waals surface area (Å²) < 4.78 is 36.8. The molecule has 0 radical (unpaired) electrons. The van der Waals surface area contributed by atoms with Crippen LogP contribution in [-0.4, -0.2) is 47.4 Å². The zero-order valence-electron chi connectivity index (χ0n) is 16.1. The molecule has 0 saturated carbocycles. The van der Waals surface area contributed by atoms with E-state index in [1.54, 1.807) is 25.7 Å². The number of likely N-dealkylation sites (tertiary alicyclic amines) is 1. The van der Waals surface area contributed by atoms with E-state index < -0.39 is 17.6 Å². The van der Waals surface area contributed by atoms with Crippen LogP contribution in [0, 0.1) is 17.8 Å². The van der Waals surface area contributed by atoms with Crippen molar-refractivity contribution in [1.82, 2.24) is 9.88 Å². The molecule has 27 heavy (non-hydrogen) atoms. The second kappa shape index (κ2) is 9.54. The molecule has 0 spiro atoms. The number of carbonyl (C=O) groups excluding carboxylic acids is 1. The summed E-state index contributed by atoms with van der Waals surface area (Å²) >= 11 is 0. The molecule has 0 aliphatic carbocycles. The van der Waals surface area contributed by atoms with Gasteiger partial charge in [0.15, 0.2) is 5.75 Å². The maximum Gasteiger partial charge on any atom is 0.410 e. The van der Waals surface area contributed by atoms with Crippen LogP contribution in [0.4, 0.5) is 13.6 Å². The highest BCUT2D eigenvalue weighted by atomic mass is 19.1. The van der Waals surface area contributed by atoms with Crippen LogP contribution in [-0.2, 0) is 4.74 Å². The average molecular weight is 380 g/mol. The number of nitrogens with zero attached hydrogens (tertiary/aromatic N) is 2. The minimum absolute atomic E-state index is 0.00148. The summed E-state index contributed by atoms with van der Waals surface area (Å²) in [5.41, 5.74) is -0.0325. The maximum absolute atomic E-state index is 13.9. The SMILES string of the molecule is CC(C)(C)OC(=O)N1CC[C@H]1COc1cc(C#CCCCCF)cnc1F. The second-order valence-electron chi connectivity index (χ2n) is 7.39. The lowest BCUT2D eigenvalue weighted by atomic mass is 10.1. The Kier molecular flexibility index (Phi) is 7.40. The molecule has 0 bridgehead atoms. The minimum atomic E-state index is -0.721. The fourth-order valence-electron chi connectivity index (χ4n) is 2.43. The number of alkyl halides is 1. The highest BCUT2D eigenvalue weighted by Gasteiger charge is 2.35. The summed E-state index contributed by atoms with van der Waals surface area (Å²) in [5, 5.41) is 0. The van der Waals surface area contributed by atoms with Crippen LogP contribution in [0.15, 0.2) is 12.3 Å². The number of amides is 1. The lowest BCUT2D eigenvalue weighted by Crippen LogP contribution is -2.55. The van der Waals surface area contributed by atoms with Crippen molar-refractivity contribution in [2.75, 3.05) is 19.8 Å². The Morgan fingerprint density at radius 3 is 2.81 bits per heavy atom. The molecule has 1 saturated heterocycles. The third-order valence-electron chi connectivity index (χ3n) is 3.93. The van der Waals surface area contributed by atoms with Crippen molar-refractivity contribution in [3.05, 3.63) is 23.8 Å². The highest BCUT2D eigenvalue weighted by molar-refractivity contribution is 5.69. The summed E-state index contributed by atoms with van der Waals surface area (Å²) in [6.07, 6.45) is 3.45. The van der Waals surface area contributed by atoms with Gasteiger partial charge >= 0.3 is 6.09 Å². The molecule has 0 aromatic carbocycles. The minimum Gasteiger partial charge on any atom is -0.487 e. The van der Waals surface area contributed by atoms with E-state index in [1.165, 1.54) is 12.3 Å². The number of aromatic nitrogens is 1. The predicted molar refractivity (Wildman–Crippen MR) is 97.7 cm³/mol. The molecule has 0 unspecified atom stereocenters. The molecule has 2 heterocycles. The largest absolute Gasteiger partial charge is 0.487 e. The number of rotatable bonds is 6. The van der Waals surface area contributed by atoms with Gasteiger partial charge in [0.1, 0.15) is 12.2 Å². The zero-order valence-corrected chi connectivity index (χ0v) is 16.1. The third kappa shape index (κ3) is 6.70. The van der Waals surface area contributed by atoms with Gasteiger partial charge in [-0.2, -0.15) is 4.39 Å². The molecule has 148 valence electrons. The topological polar surface area (TPSA) is 51.7 Å². The Balaban J connectivity index is 1.90. The van der Waals surface area contributed by atoms with Gasteiger partial charge in [0.25, 0.3) is 5.95 Å². The first-order valence-corrected chi connectivity index (χ1v) is 9.13. The first-order valence-electron chi connectivity index (χ1n) is 9.13. The van der Waals surface area contributed by atoms with Gasteiger partial charge in [-0.1, -0.05) is 11.8 Å². The summed E-state index contributed by atoms with van der Waals surface area (Å²) in [6.45, 7) is 5.82. The number of pyridine rings is 1. The van der Waals surface area contributed by atoms with Crippen LogP contribution in [0.3, 0.4) is 0 Å². The van der Waals surface area contributed by atoms with E-state index in [2.05, 4.69) is 16.8 Å². The van der Waals surface area contributed by atoms with Crippen LogP contribution in [0.1, 0.15) is 52.0 Å². The molecule has 0 N–H and O–H groups in total. The molecule has 1 aromatic rings. The molecular formula is C20H26F2N2O3. The van der Waals surface area contributed by atoms with Crippen molar-refractivity contribution in [3.8, 4) is 17.6 Å². The van der Waals surface area contributed by atoms with E-state index in [-0.39, 0.29) is 25.1 Å². The van der Waals surface area contributed by atoms with Crippen LogP contribution >= 0.6 is 0 Å². The molecule has 7 heteroatoms. The summed E-state index contributed by atoms with van der Waals surface area (Å²) in [4.78, 5) is 17.3. The van der Waals surface area contributed by atoms with Gasteiger partial charge in [-0.25, -0.2) is 9.78 Å². The number of ether oxygens (including phenoxy) is 2. The number of unbranched alkanes of at least 4 members (excludes halogenated alkanes) is 2. The predicted octanol–water partition coefficient (Wildman–Crippen LogP) is 4.10. The van der Waals surface area contributed by atoms with Gasteiger partial charge in [-0.15, -0.1) is 0 Å². The Labute approximate surface area is 159 Å². The first kappa shape index (κ1) is 20.9. The van der Waals surface area contributed by atoms with E-state index in [0.717, 1.165) is 6.42 Å². The Morgan fingerprint density at radius 1 is 1.41 bits per heavy atom. The van der Waals surface area contributed by atoms with Gasteiger partial charge in [0.2, 0.25) is 0 Å². The first-order chi connectivity index (χ1) is 12.8. The van der Waals surface area contributed by atoms with Gasteiger partial charge in [-0.3, -0.25) is 4.39 Å². The standard InChI is InChI=1S/C20H26F2N2O3/c1-20(2,3)27-19(25)24-11-9-16(24)14-26-17-12-15(13-23-18(17)22)8-6-4-5-7-10-21/h12-13,16H,4-5,7,9-11,14H2,1-3H3/t16-/m0/s1. The molecule has 5 nitrogen and oxygen atoms in total.